The molecule has 0 spiro atoms. The third-order valence-electron chi connectivity index (χ3n) is 5.81. The fraction of sp³-hybridized carbons (Fsp3) is 0.286. The van der Waals surface area contributed by atoms with Gasteiger partial charge in [0.25, 0.3) is 0 Å². The minimum Gasteiger partial charge on any atom is -0.375 e. The molecule has 0 aliphatic carbocycles. The van der Waals surface area contributed by atoms with Crippen LogP contribution in [0.5, 0.6) is 0 Å². The number of fused-ring (bicyclic) bond motifs is 3. The second-order valence-electron chi connectivity index (χ2n) is 7.61. The van der Waals surface area contributed by atoms with Crippen molar-refractivity contribution in [3.63, 3.8) is 0 Å². The first-order valence-electron chi connectivity index (χ1n) is 9.64. The number of likely N-dealkylation sites (tertiary alicyclic amines) is 1. The summed E-state index contributed by atoms with van der Waals surface area (Å²) in [5, 5.41) is 17.1. The van der Waals surface area contributed by atoms with Gasteiger partial charge in [0.15, 0.2) is 0 Å². The number of ether oxygens (including phenoxy) is 1. The van der Waals surface area contributed by atoms with Crippen molar-refractivity contribution < 1.29 is 4.74 Å². The van der Waals surface area contributed by atoms with Crippen LogP contribution in [0, 0.1) is 0 Å². The molecule has 2 aromatic heterocycles. The lowest BCUT2D eigenvalue weighted by Crippen LogP contribution is -2.36. The Bertz CT molecular complexity index is 1130. The summed E-state index contributed by atoms with van der Waals surface area (Å²) in [5.74, 6) is 0. The van der Waals surface area contributed by atoms with Gasteiger partial charge in [0.1, 0.15) is 11.4 Å². The molecule has 28 heavy (non-hydrogen) atoms. The molecular weight excluding hydrogens is 352 g/mol. The van der Waals surface area contributed by atoms with E-state index in [-0.39, 0.29) is 0 Å². The fourth-order valence-corrected chi connectivity index (χ4v) is 4.32. The molecule has 7 heteroatoms. The van der Waals surface area contributed by atoms with Crippen molar-refractivity contribution in [1.29, 1.82) is 0 Å². The van der Waals surface area contributed by atoms with Crippen molar-refractivity contribution in [1.82, 2.24) is 30.1 Å². The van der Waals surface area contributed by atoms with Gasteiger partial charge in [0.2, 0.25) is 0 Å². The maximum Gasteiger partial charge on any atom is 0.134 e. The molecule has 2 fully saturated rings. The molecule has 7 nitrogen and oxygen atoms in total. The first-order valence-corrected chi connectivity index (χ1v) is 9.64. The molecule has 0 saturated carbocycles. The number of morpholine rings is 1. The lowest BCUT2D eigenvalue weighted by molar-refractivity contribution is 0.0273. The van der Waals surface area contributed by atoms with Crippen molar-refractivity contribution in [2.45, 2.75) is 25.1 Å². The van der Waals surface area contributed by atoms with Crippen LogP contribution in [0.3, 0.4) is 0 Å². The number of hydrogen-bond acceptors (Lipinski definition) is 5. The lowest BCUT2D eigenvalue weighted by Gasteiger charge is -2.26. The third kappa shape index (κ3) is 2.63. The van der Waals surface area contributed by atoms with Crippen LogP contribution in [0.4, 0.5) is 0 Å². The number of aromatic nitrogens is 5. The minimum atomic E-state index is 0.441. The zero-order valence-corrected chi connectivity index (χ0v) is 15.3. The maximum atomic E-state index is 5.69. The number of para-hydroxylation sites is 1. The molecule has 2 bridgehead atoms. The molecule has 2 aliphatic heterocycles. The van der Waals surface area contributed by atoms with Crippen molar-refractivity contribution in [2.75, 3.05) is 13.2 Å². The molecular formula is C21H20N6O. The summed E-state index contributed by atoms with van der Waals surface area (Å²) in [5.41, 5.74) is 4.89. The monoisotopic (exact) mass is 372 g/mol. The van der Waals surface area contributed by atoms with Gasteiger partial charge in [-0.05, 0) is 30.2 Å². The normalized spacial score (nSPS) is 21.7. The molecule has 2 atom stereocenters. The zero-order valence-electron chi connectivity index (χ0n) is 15.3. The standard InChI is InChI=1S/C21H20N6O/c1-2-4-19-18(3-1)21(24-22-19)20-12-27(25-23-20)15-7-5-14(6-8-15)10-26-11-17-9-16(26)13-28-17/h1-8,12,16-17H,9-11,13H2,(H,22,24)/t16-,17?/m0/s1. The smallest absolute Gasteiger partial charge is 0.134 e. The minimum absolute atomic E-state index is 0.441. The average Bonchev–Trinajstić information content (AvgIpc) is 3.51. The van der Waals surface area contributed by atoms with E-state index in [1.807, 2.05) is 30.5 Å². The van der Waals surface area contributed by atoms with Crippen molar-refractivity contribution in [2.24, 2.45) is 0 Å². The summed E-state index contributed by atoms with van der Waals surface area (Å²) in [6.07, 6.45) is 3.55. The molecule has 2 aromatic carbocycles. The third-order valence-corrected chi connectivity index (χ3v) is 5.81. The number of H-pyrrole nitrogens is 1. The van der Waals surface area contributed by atoms with Crippen LogP contribution in [0.1, 0.15) is 12.0 Å². The average molecular weight is 372 g/mol. The Morgan fingerprint density at radius 3 is 2.82 bits per heavy atom. The van der Waals surface area contributed by atoms with Gasteiger partial charge in [-0.2, -0.15) is 5.10 Å². The van der Waals surface area contributed by atoms with Crippen LogP contribution in [-0.4, -0.2) is 55.4 Å². The Balaban J connectivity index is 1.23. The number of hydrogen-bond donors (Lipinski definition) is 1. The SMILES string of the molecule is c1ccc2c(-c3cn(-c4ccc(CN5CC6C[C@H]5CO6)cc4)nn3)n[nH]c2c1. The van der Waals surface area contributed by atoms with E-state index in [4.69, 9.17) is 4.74 Å². The largest absolute Gasteiger partial charge is 0.375 e. The van der Waals surface area contributed by atoms with Crippen LogP contribution in [0.25, 0.3) is 28.0 Å². The second-order valence-corrected chi connectivity index (χ2v) is 7.61. The van der Waals surface area contributed by atoms with Crippen LogP contribution in [-0.2, 0) is 11.3 Å². The molecule has 2 saturated heterocycles. The summed E-state index contributed by atoms with van der Waals surface area (Å²) < 4.78 is 7.49. The van der Waals surface area contributed by atoms with E-state index in [1.165, 1.54) is 12.0 Å². The number of nitrogens with one attached hydrogen (secondary N) is 1. The van der Waals surface area contributed by atoms with Gasteiger partial charge < -0.3 is 4.74 Å². The highest BCUT2D eigenvalue weighted by atomic mass is 16.5. The Kier molecular flexibility index (Phi) is 3.57. The van der Waals surface area contributed by atoms with E-state index in [1.54, 1.807) is 4.68 Å². The summed E-state index contributed by atoms with van der Waals surface area (Å²) in [6, 6.07) is 17.2. The Morgan fingerprint density at radius 2 is 2.00 bits per heavy atom. The zero-order chi connectivity index (χ0) is 18.5. The highest BCUT2D eigenvalue weighted by Crippen LogP contribution is 2.29. The molecule has 0 amide bonds. The van der Waals surface area contributed by atoms with Gasteiger partial charge in [-0.3, -0.25) is 10.00 Å². The van der Waals surface area contributed by atoms with Crippen LogP contribution in [0.2, 0.25) is 0 Å². The first kappa shape index (κ1) is 16.0. The highest BCUT2D eigenvalue weighted by molar-refractivity contribution is 5.91. The summed E-state index contributed by atoms with van der Waals surface area (Å²) in [4.78, 5) is 2.53. The van der Waals surface area contributed by atoms with Crippen LogP contribution in [0.15, 0.2) is 54.7 Å². The first-order chi connectivity index (χ1) is 13.8. The van der Waals surface area contributed by atoms with E-state index >= 15 is 0 Å². The molecule has 4 heterocycles. The van der Waals surface area contributed by atoms with E-state index in [9.17, 15) is 0 Å². The molecule has 0 radical (unpaired) electrons. The Labute approximate surface area is 161 Å². The van der Waals surface area contributed by atoms with E-state index in [0.29, 0.717) is 12.1 Å². The lowest BCUT2D eigenvalue weighted by atomic mass is 10.1. The molecule has 1 unspecified atom stereocenters. The Morgan fingerprint density at radius 1 is 1.11 bits per heavy atom. The highest BCUT2D eigenvalue weighted by Gasteiger charge is 2.38. The summed E-state index contributed by atoms with van der Waals surface area (Å²) in [6.45, 7) is 2.91. The quantitative estimate of drug-likeness (QED) is 0.596. The predicted octanol–water partition coefficient (Wildman–Crippen LogP) is 2.78. The molecule has 6 rings (SSSR count). The van der Waals surface area contributed by atoms with Gasteiger partial charge in [-0.15, -0.1) is 5.10 Å². The molecule has 4 aromatic rings. The van der Waals surface area contributed by atoms with E-state index < -0.39 is 0 Å². The van der Waals surface area contributed by atoms with Gasteiger partial charge in [0, 0.05) is 24.5 Å². The summed E-state index contributed by atoms with van der Waals surface area (Å²) >= 11 is 0. The van der Waals surface area contributed by atoms with Gasteiger partial charge in [-0.25, -0.2) is 4.68 Å². The number of benzene rings is 2. The van der Waals surface area contributed by atoms with Gasteiger partial charge in [0.05, 0.1) is 30.1 Å². The van der Waals surface area contributed by atoms with Crippen LogP contribution >= 0.6 is 0 Å². The van der Waals surface area contributed by atoms with Gasteiger partial charge >= 0.3 is 0 Å². The number of aromatic amines is 1. The maximum absolute atomic E-state index is 5.69. The van der Waals surface area contributed by atoms with Crippen molar-refractivity contribution >= 4 is 10.9 Å². The van der Waals surface area contributed by atoms with Gasteiger partial charge in [-0.1, -0.05) is 35.5 Å². The topological polar surface area (TPSA) is 71.9 Å². The summed E-state index contributed by atoms with van der Waals surface area (Å²) in [7, 11) is 0. The predicted molar refractivity (Wildman–Crippen MR) is 105 cm³/mol. The number of rotatable bonds is 4. The second kappa shape index (κ2) is 6.25. The molecule has 1 N–H and O–H groups in total. The number of nitrogens with zero attached hydrogens (tertiary/aromatic N) is 5. The van der Waals surface area contributed by atoms with Crippen molar-refractivity contribution in [3.05, 3.63) is 60.3 Å². The van der Waals surface area contributed by atoms with E-state index in [0.717, 1.165) is 47.7 Å². The fourth-order valence-electron chi connectivity index (χ4n) is 4.32. The van der Waals surface area contributed by atoms with Crippen LogP contribution < -0.4 is 0 Å². The molecule has 2 aliphatic rings. The van der Waals surface area contributed by atoms with E-state index in [2.05, 4.69) is 49.7 Å². The Hall–Kier alpha value is -3.03. The van der Waals surface area contributed by atoms with Crippen molar-refractivity contribution in [3.8, 4) is 17.1 Å². The molecule has 140 valence electrons.